The quantitative estimate of drug-likeness (QED) is 0.709. The largest absolute Gasteiger partial charge is 0.493 e. The zero-order valence-corrected chi connectivity index (χ0v) is 14.3. The predicted molar refractivity (Wildman–Crippen MR) is 88.9 cm³/mol. The lowest BCUT2D eigenvalue weighted by Gasteiger charge is -2.09. The summed E-state index contributed by atoms with van der Waals surface area (Å²) in [6.07, 6.45) is 0.757. The molecule has 132 valence electrons. The number of benzene rings is 1. The molecule has 1 aromatic rings. The molecule has 2 N–H and O–H groups in total. The van der Waals surface area contributed by atoms with Gasteiger partial charge in [0.2, 0.25) is 0 Å². The Kier molecular flexibility index (Phi) is 8.32. The van der Waals surface area contributed by atoms with Gasteiger partial charge in [0, 0.05) is 6.54 Å². The fraction of sp³-hybridized carbons (Fsp3) is 0.471. The van der Waals surface area contributed by atoms with Crippen molar-refractivity contribution in [2.45, 2.75) is 27.2 Å². The molecule has 0 aliphatic heterocycles. The summed E-state index contributed by atoms with van der Waals surface area (Å²) >= 11 is 0. The summed E-state index contributed by atoms with van der Waals surface area (Å²) < 4.78 is 10.4. The van der Waals surface area contributed by atoms with E-state index in [-0.39, 0.29) is 0 Å². The summed E-state index contributed by atoms with van der Waals surface area (Å²) in [5.74, 6) is -0.267. The molecule has 7 heteroatoms. The molecule has 3 amide bonds. The molecule has 0 fully saturated rings. The van der Waals surface area contributed by atoms with Gasteiger partial charge in [-0.05, 0) is 36.6 Å². The van der Waals surface area contributed by atoms with E-state index in [1.54, 1.807) is 24.3 Å². The number of nitrogens with one attached hydrogen (secondary N) is 2. The van der Waals surface area contributed by atoms with Gasteiger partial charge in [-0.2, -0.15) is 0 Å². The zero-order valence-electron chi connectivity index (χ0n) is 14.3. The van der Waals surface area contributed by atoms with Crippen molar-refractivity contribution < 1.29 is 23.9 Å². The molecular formula is C17H24N2O5. The van der Waals surface area contributed by atoms with Gasteiger partial charge in [-0.3, -0.25) is 10.1 Å². The number of carbonyl (C=O) groups excluding carboxylic acids is 3. The Morgan fingerprint density at radius 3 is 2.38 bits per heavy atom. The maximum Gasteiger partial charge on any atom is 0.338 e. The fourth-order valence-electron chi connectivity index (χ4n) is 1.61. The number of hydrogen-bond acceptors (Lipinski definition) is 5. The minimum absolute atomic E-state index is 0.301. The van der Waals surface area contributed by atoms with E-state index in [2.05, 4.69) is 10.6 Å². The molecule has 0 unspecified atom stereocenters. The van der Waals surface area contributed by atoms with Crippen molar-refractivity contribution in [1.29, 1.82) is 0 Å². The molecule has 1 rings (SSSR count). The fourth-order valence-corrected chi connectivity index (χ4v) is 1.61. The lowest BCUT2D eigenvalue weighted by atomic mass is 10.2. The molecular weight excluding hydrogens is 312 g/mol. The Hall–Kier alpha value is -2.57. The second kappa shape index (κ2) is 10.3. The first-order valence-corrected chi connectivity index (χ1v) is 7.90. The third-order valence-corrected chi connectivity index (χ3v) is 2.80. The molecule has 0 heterocycles. The molecule has 0 radical (unpaired) electrons. The number of urea groups is 1. The maximum absolute atomic E-state index is 11.8. The van der Waals surface area contributed by atoms with Crippen molar-refractivity contribution in [3.05, 3.63) is 29.8 Å². The van der Waals surface area contributed by atoms with Gasteiger partial charge in [0.1, 0.15) is 5.75 Å². The topological polar surface area (TPSA) is 93.7 Å². The van der Waals surface area contributed by atoms with Crippen molar-refractivity contribution in [2.75, 3.05) is 19.8 Å². The number of rotatable bonds is 8. The highest BCUT2D eigenvalue weighted by Crippen LogP contribution is 2.13. The Morgan fingerprint density at radius 2 is 1.79 bits per heavy atom. The zero-order chi connectivity index (χ0) is 17.9. The highest BCUT2D eigenvalue weighted by Gasteiger charge is 2.12. The van der Waals surface area contributed by atoms with Gasteiger partial charge in [0.15, 0.2) is 6.61 Å². The van der Waals surface area contributed by atoms with Crippen LogP contribution in [0.25, 0.3) is 0 Å². The molecule has 0 saturated carbocycles. The number of imide groups is 1. The minimum atomic E-state index is -0.686. The molecule has 0 aromatic heterocycles. The molecule has 0 atom stereocenters. The Labute approximate surface area is 141 Å². The molecule has 0 saturated heterocycles. The molecule has 0 spiro atoms. The van der Waals surface area contributed by atoms with E-state index >= 15 is 0 Å². The normalized spacial score (nSPS) is 10.2. The number of amides is 3. The molecule has 7 nitrogen and oxygen atoms in total. The van der Waals surface area contributed by atoms with Crippen molar-refractivity contribution >= 4 is 17.9 Å². The van der Waals surface area contributed by atoms with Crippen LogP contribution in [0.5, 0.6) is 5.75 Å². The highest BCUT2D eigenvalue weighted by molar-refractivity contribution is 5.97. The van der Waals surface area contributed by atoms with E-state index in [4.69, 9.17) is 9.47 Å². The SMILES string of the molecule is CCCNC(=O)NC(=O)COC(=O)c1ccc(OCC(C)C)cc1. The maximum atomic E-state index is 11.8. The minimum Gasteiger partial charge on any atom is -0.493 e. The molecule has 0 aliphatic rings. The van der Waals surface area contributed by atoms with Crippen LogP contribution in [-0.2, 0) is 9.53 Å². The molecule has 0 bridgehead atoms. The summed E-state index contributed by atoms with van der Waals surface area (Å²) in [6.45, 7) is 6.50. The van der Waals surface area contributed by atoms with E-state index in [1.165, 1.54) is 0 Å². The van der Waals surface area contributed by atoms with Crippen LogP contribution in [0.3, 0.4) is 0 Å². The van der Waals surface area contributed by atoms with Crippen LogP contribution in [0, 0.1) is 5.92 Å². The van der Waals surface area contributed by atoms with Crippen LogP contribution in [0.4, 0.5) is 4.79 Å². The van der Waals surface area contributed by atoms with Gasteiger partial charge in [0.25, 0.3) is 5.91 Å². The first-order valence-electron chi connectivity index (χ1n) is 7.90. The first-order chi connectivity index (χ1) is 11.4. The number of carbonyl (C=O) groups is 3. The van der Waals surface area contributed by atoms with Crippen molar-refractivity contribution in [2.24, 2.45) is 5.92 Å². The number of ether oxygens (including phenoxy) is 2. The summed E-state index contributed by atoms with van der Waals surface area (Å²) in [6, 6.07) is 5.84. The van der Waals surface area contributed by atoms with Gasteiger partial charge in [-0.25, -0.2) is 9.59 Å². The summed E-state index contributed by atoms with van der Waals surface area (Å²) in [5.41, 5.74) is 0.301. The summed E-state index contributed by atoms with van der Waals surface area (Å²) in [7, 11) is 0. The van der Waals surface area contributed by atoms with Gasteiger partial charge >= 0.3 is 12.0 Å². The molecule has 0 aliphatic carbocycles. The average Bonchev–Trinajstić information content (AvgIpc) is 2.56. The Morgan fingerprint density at radius 1 is 1.12 bits per heavy atom. The van der Waals surface area contributed by atoms with Gasteiger partial charge in [-0.15, -0.1) is 0 Å². The van der Waals surface area contributed by atoms with Crippen LogP contribution >= 0.6 is 0 Å². The predicted octanol–water partition coefficient (Wildman–Crippen LogP) is 2.11. The summed E-state index contributed by atoms with van der Waals surface area (Å²) in [4.78, 5) is 34.6. The van der Waals surface area contributed by atoms with Crippen molar-refractivity contribution in [3.63, 3.8) is 0 Å². The third kappa shape index (κ3) is 7.62. The highest BCUT2D eigenvalue weighted by atomic mass is 16.5. The van der Waals surface area contributed by atoms with E-state index in [9.17, 15) is 14.4 Å². The summed E-state index contributed by atoms with van der Waals surface area (Å²) in [5, 5.41) is 4.56. The van der Waals surface area contributed by atoms with Crippen LogP contribution in [0.1, 0.15) is 37.6 Å². The van der Waals surface area contributed by atoms with Crippen molar-refractivity contribution in [1.82, 2.24) is 10.6 Å². The Balaban J connectivity index is 2.39. The third-order valence-electron chi connectivity index (χ3n) is 2.80. The first kappa shape index (κ1) is 19.5. The van der Waals surface area contributed by atoms with E-state index < -0.39 is 24.5 Å². The average molecular weight is 336 g/mol. The van der Waals surface area contributed by atoms with E-state index in [1.807, 2.05) is 20.8 Å². The smallest absolute Gasteiger partial charge is 0.338 e. The monoisotopic (exact) mass is 336 g/mol. The van der Waals surface area contributed by atoms with Gasteiger partial charge < -0.3 is 14.8 Å². The second-order valence-electron chi connectivity index (χ2n) is 5.61. The number of esters is 1. The van der Waals surface area contributed by atoms with Crippen LogP contribution < -0.4 is 15.4 Å². The van der Waals surface area contributed by atoms with Crippen molar-refractivity contribution in [3.8, 4) is 5.75 Å². The van der Waals surface area contributed by atoms with Crippen LogP contribution in [0.15, 0.2) is 24.3 Å². The van der Waals surface area contributed by atoms with E-state index in [0.717, 1.165) is 6.42 Å². The van der Waals surface area contributed by atoms with Gasteiger partial charge in [0.05, 0.1) is 12.2 Å². The second-order valence-corrected chi connectivity index (χ2v) is 5.61. The molecule has 1 aromatic carbocycles. The molecule has 24 heavy (non-hydrogen) atoms. The standard InChI is InChI=1S/C17H24N2O5/c1-4-9-18-17(22)19-15(20)11-24-16(21)13-5-7-14(8-6-13)23-10-12(2)3/h5-8,12H,4,9-11H2,1-3H3,(H2,18,19,20,22). The van der Waals surface area contributed by atoms with Gasteiger partial charge in [-0.1, -0.05) is 20.8 Å². The number of hydrogen-bond donors (Lipinski definition) is 2. The lowest BCUT2D eigenvalue weighted by molar-refractivity contribution is -0.123. The Bertz CT molecular complexity index is 555. The lowest BCUT2D eigenvalue weighted by Crippen LogP contribution is -2.41. The van der Waals surface area contributed by atoms with Crippen LogP contribution in [0.2, 0.25) is 0 Å². The van der Waals surface area contributed by atoms with E-state index in [0.29, 0.717) is 30.4 Å². The van der Waals surface area contributed by atoms with Crippen LogP contribution in [-0.4, -0.2) is 37.7 Å².